The van der Waals surface area contributed by atoms with Gasteiger partial charge in [-0.1, -0.05) is 6.42 Å². The Morgan fingerprint density at radius 1 is 1.37 bits per heavy atom. The van der Waals surface area contributed by atoms with E-state index in [9.17, 15) is 14.3 Å². The minimum atomic E-state index is -1.05. The lowest BCUT2D eigenvalue weighted by Gasteiger charge is -2.39. The van der Waals surface area contributed by atoms with E-state index in [-0.39, 0.29) is 11.5 Å². The van der Waals surface area contributed by atoms with Crippen molar-refractivity contribution in [2.45, 2.75) is 24.7 Å². The van der Waals surface area contributed by atoms with E-state index in [0.717, 1.165) is 6.42 Å². The summed E-state index contributed by atoms with van der Waals surface area (Å²) < 4.78 is 24.7. The van der Waals surface area contributed by atoms with Crippen molar-refractivity contribution >= 4 is 21.9 Å². The number of carbonyl (C=O) groups is 1. The van der Waals surface area contributed by atoms with E-state index < -0.39 is 17.2 Å². The Morgan fingerprint density at radius 2 is 1.95 bits per heavy atom. The fraction of sp³-hybridized carbons (Fsp3) is 0.462. The highest BCUT2D eigenvalue weighted by Crippen LogP contribution is 2.50. The van der Waals surface area contributed by atoms with Crippen molar-refractivity contribution in [3.63, 3.8) is 0 Å². The minimum Gasteiger partial charge on any atom is -0.493 e. The van der Waals surface area contributed by atoms with Crippen LogP contribution in [0, 0.1) is 5.82 Å². The Balaban J connectivity index is 2.67. The second kappa shape index (κ2) is 5.00. The molecule has 0 amide bonds. The number of hydrogen-bond donors (Lipinski definition) is 1. The largest absolute Gasteiger partial charge is 0.493 e. The zero-order chi connectivity index (χ0) is 14.2. The Kier molecular flexibility index (Phi) is 3.71. The van der Waals surface area contributed by atoms with E-state index in [1.54, 1.807) is 6.07 Å². The molecule has 0 radical (unpaired) electrons. The van der Waals surface area contributed by atoms with Gasteiger partial charge in [0.2, 0.25) is 5.82 Å². The van der Waals surface area contributed by atoms with Crippen LogP contribution in [0.5, 0.6) is 11.5 Å². The molecule has 4 nitrogen and oxygen atoms in total. The van der Waals surface area contributed by atoms with E-state index in [1.807, 2.05) is 0 Å². The Bertz CT molecular complexity index is 526. The zero-order valence-corrected chi connectivity index (χ0v) is 12.2. The van der Waals surface area contributed by atoms with Gasteiger partial charge in [0.15, 0.2) is 11.5 Å². The molecule has 0 saturated heterocycles. The van der Waals surface area contributed by atoms with Crippen LogP contribution >= 0.6 is 15.9 Å². The van der Waals surface area contributed by atoms with Gasteiger partial charge in [-0.3, -0.25) is 4.79 Å². The van der Waals surface area contributed by atoms with Gasteiger partial charge >= 0.3 is 5.97 Å². The first-order chi connectivity index (χ1) is 8.97. The summed E-state index contributed by atoms with van der Waals surface area (Å²) in [7, 11) is 2.67. The molecule has 1 aromatic rings. The molecule has 19 heavy (non-hydrogen) atoms. The molecule has 0 spiro atoms. The van der Waals surface area contributed by atoms with Crippen LogP contribution in [-0.2, 0) is 10.2 Å². The summed E-state index contributed by atoms with van der Waals surface area (Å²) in [6.07, 6.45) is 1.77. The summed E-state index contributed by atoms with van der Waals surface area (Å²) in [6, 6.07) is 1.58. The molecule has 0 aromatic heterocycles. The molecule has 104 valence electrons. The normalized spacial score (nSPS) is 16.6. The number of methoxy groups -OCH3 is 2. The predicted molar refractivity (Wildman–Crippen MR) is 70.4 cm³/mol. The van der Waals surface area contributed by atoms with E-state index in [1.165, 1.54) is 14.2 Å². The smallest absolute Gasteiger partial charge is 0.314 e. The topological polar surface area (TPSA) is 55.8 Å². The quantitative estimate of drug-likeness (QED) is 0.920. The molecule has 1 aliphatic carbocycles. The molecular formula is C13H14BrFO4. The molecule has 0 atom stereocenters. The highest BCUT2D eigenvalue weighted by molar-refractivity contribution is 9.10. The van der Waals surface area contributed by atoms with E-state index in [4.69, 9.17) is 9.47 Å². The van der Waals surface area contributed by atoms with Crippen LogP contribution in [0.4, 0.5) is 4.39 Å². The van der Waals surface area contributed by atoms with Crippen molar-refractivity contribution in [1.82, 2.24) is 0 Å². The van der Waals surface area contributed by atoms with Gasteiger partial charge in [-0.15, -0.1) is 0 Å². The van der Waals surface area contributed by atoms with Crippen molar-refractivity contribution in [2.75, 3.05) is 14.2 Å². The van der Waals surface area contributed by atoms with Crippen LogP contribution < -0.4 is 9.47 Å². The molecule has 0 unspecified atom stereocenters. The molecule has 1 aliphatic rings. The number of carboxylic acid groups (broad SMARTS) is 1. The van der Waals surface area contributed by atoms with Crippen LogP contribution in [0.2, 0.25) is 0 Å². The van der Waals surface area contributed by atoms with Gasteiger partial charge in [-0.2, -0.15) is 4.39 Å². The maximum Gasteiger partial charge on any atom is 0.314 e. The summed E-state index contributed by atoms with van der Waals surface area (Å²) in [5.41, 5.74) is -0.694. The molecule has 1 saturated carbocycles. The van der Waals surface area contributed by atoms with Crippen LogP contribution in [-0.4, -0.2) is 25.3 Å². The van der Waals surface area contributed by atoms with Crippen molar-refractivity contribution in [3.05, 3.63) is 21.9 Å². The van der Waals surface area contributed by atoms with Crippen molar-refractivity contribution < 1.29 is 23.8 Å². The second-order valence-corrected chi connectivity index (χ2v) is 5.38. The molecular weight excluding hydrogens is 319 g/mol. The van der Waals surface area contributed by atoms with Gasteiger partial charge < -0.3 is 14.6 Å². The third-order valence-electron chi connectivity index (χ3n) is 3.67. The van der Waals surface area contributed by atoms with Gasteiger partial charge in [-0.25, -0.2) is 0 Å². The van der Waals surface area contributed by atoms with Crippen LogP contribution in [0.3, 0.4) is 0 Å². The SMILES string of the molecule is COc1c(Br)cc(C2(C(=O)O)CCC2)c(OC)c1F. The fourth-order valence-electron chi connectivity index (χ4n) is 2.45. The van der Waals surface area contributed by atoms with Gasteiger partial charge in [0.05, 0.1) is 24.1 Å². The molecule has 1 fully saturated rings. The molecule has 2 rings (SSSR count). The maximum atomic E-state index is 14.3. The summed E-state index contributed by atoms with van der Waals surface area (Å²) in [6.45, 7) is 0. The Labute approximate surface area is 118 Å². The van der Waals surface area contributed by atoms with E-state index >= 15 is 0 Å². The van der Waals surface area contributed by atoms with Gasteiger partial charge in [-0.05, 0) is 34.8 Å². The summed E-state index contributed by atoms with van der Waals surface area (Å²) in [4.78, 5) is 11.5. The average molecular weight is 333 g/mol. The number of rotatable bonds is 4. The van der Waals surface area contributed by atoms with Crippen LogP contribution in [0.15, 0.2) is 10.5 Å². The third kappa shape index (κ3) is 1.98. The Morgan fingerprint density at radius 3 is 2.32 bits per heavy atom. The minimum absolute atomic E-state index is 0.0143. The molecule has 0 aliphatic heterocycles. The molecule has 1 N–H and O–H groups in total. The van der Waals surface area contributed by atoms with E-state index in [2.05, 4.69) is 15.9 Å². The molecule has 0 heterocycles. The maximum absolute atomic E-state index is 14.3. The average Bonchev–Trinajstić information content (AvgIpc) is 2.27. The summed E-state index contributed by atoms with van der Waals surface area (Å²) in [5, 5.41) is 9.44. The predicted octanol–water partition coefficient (Wildman–Crippen LogP) is 3.11. The molecule has 1 aromatic carbocycles. The number of carboxylic acids is 1. The zero-order valence-electron chi connectivity index (χ0n) is 10.6. The molecule has 6 heteroatoms. The van der Waals surface area contributed by atoms with Gasteiger partial charge in [0.25, 0.3) is 0 Å². The number of halogens is 2. The van der Waals surface area contributed by atoms with Crippen molar-refractivity contribution in [1.29, 1.82) is 0 Å². The molecule has 0 bridgehead atoms. The van der Waals surface area contributed by atoms with Crippen LogP contribution in [0.1, 0.15) is 24.8 Å². The van der Waals surface area contributed by atoms with Gasteiger partial charge in [0.1, 0.15) is 0 Å². The van der Waals surface area contributed by atoms with Crippen molar-refractivity contribution in [3.8, 4) is 11.5 Å². The summed E-state index contributed by atoms with van der Waals surface area (Å²) in [5.74, 6) is -1.67. The van der Waals surface area contributed by atoms with Crippen molar-refractivity contribution in [2.24, 2.45) is 0 Å². The first-order valence-corrected chi connectivity index (χ1v) is 6.61. The first-order valence-electron chi connectivity index (χ1n) is 5.81. The monoisotopic (exact) mass is 332 g/mol. The fourth-order valence-corrected chi connectivity index (χ4v) is 3.02. The highest BCUT2D eigenvalue weighted by atomic mass is 79.9. The lowest BCUT2D eigenvalue weighted by Crippen LogP contribution is -2.42. The number of ether oxygens (including phenoxy) is 2. The first kappa shape index (κ1) is 14.1. The Hall–Kier alpha value is -1.30. The third-order valence-corrected chi connectivity index (χ3v) is 4.26. The lowest BCUT2D eigenvalue weighted by atomic mass is 9.64. The van der Waals surface area contributed by atoms with Gasteiger partial charge in [0, 0.05) is 5.56 Å². The second-order valence-electron chi connectivity index (χ2n) is 4.53. The summed E-state index contributed by atoms with van der Waals surface area (Å²) >= 11 is 3.20. The number of aliphatic carboxylic acids is 1. The standard InChI is InChI=1S/C13H14BrFO4/c1-18-10-7(13(12(16)17)4-3-5-13)6-8(14)11(19-2)9(10)15/h6H,3-5H2,1-2H3,(H,16,17). The lowest BCUT2D eigenvalue weighted by molar-refractivity contribution is -0.147. The highest BCUT2D eigenvalue weighted by Gasteiger charge is 2.48. The number of benzene rings is 1. The van der Waals surface area contributed by atoms with Crippen LogP contribution in [0.25, 0.3) is 0 Å². The number of hydrogen-bond acceptors (Lipinski definition) is 3. The van der Waals surface area contributed by atoms with E-state index in [0.29, 0.717) is 22.9 Å².